The Bertz CT molecular complexity index is 555. The topological polar surface area (TPSA) is 26.3 Å². The van der Waals surface area contributed by atoms with Crippen molar-refractivity contribution in [1.29, 1.82) is 0 Å². The number of benzene rings is 2. The molecule has 0 bridgehead atoms. The van der Waals surface area contributed by atoms with E-state index in [1.165, 1.54) is 6.07 Å². The molecule has 0 saturated carbocycles. The fourth-order valence-electron chi connectivity index (χ4n) is 1.46. The average Bonchev–Trinajstić information content (AvgIpc) is 2.40. The summed E-state index contributed by atoms with van der Waals surface area (Å²) in [6.07, 6.45) is 0. The Balaban J connectivity index is 2.07. The van der Waals surface area contributed by atoms with Crippen molar-refractivity contribution in [2.75, 3.05) is 0 Å². The molecular weight excluding hydrogens is 346 g/mol. The Morgan fingerprint density at radius 2 is 1.83 bits per heavy atom. The molecule has 0 spiro atoms. The molecule has 0 aliphatic heterocycles. The fraction of sp³-hybridized carbons (Fsp3) is 0.0714. The van der Waals surface area contributed by atoms with Crippen molar-refractivity contribution in [3.8, 4) is 0 Å². The van der Waals surface area contributed by atoms with Gasteiger partial charge < -0.3 is 4.74 Å². The zero-order chi connectivity index (χ0) is 13.0. The van der Waals surface area contributed by atoms with Crippen molar-refractivity contribution in [1.82, 2.24) is 0 Å². The van der Waals surface area contributed by atoms with Crippen molar-refractivity contribution in [3.05, 3.63) is 69.0 Å². The Labute approximate surface area is 118 Å². The maximum absolute atomic E-state index is 13.7. The van der Waals surface area contributed by atoms with Gasteiger partial charge in [0.25, 0.3) is 0 Å². The molecule has 4 heteroatoms. The van der Waals surface area contributed by atoms with Crippen LogP contribution in [0.3, 0.4) is 0 Å². The van der Waals surface area contributed by atoms with Crippen LogP contribution in [0.2, 0.25) is 0 Å². The van der Waals surface area contributed by atoms with Crippen LogP contribution in [0.15, 0.2) is 48.5 Å². The van der Waals surface area contributed by atoms with Crippen LogP contribution in [-0.4, -0.2) is 5.97 Å². The maximum Gasteiger partial charge on any atom is 0.341 e. The van der Waals surface area contributed by atoms with E-state index in [9.17, 15) is 9.18 Å². The molecule has 0 atom stereocenters. The highest BCUT2D eigenvalue weighted by Gasteiger charge is 2.14. The Kier molecular flexibility index (Phi) is 4.30. The monoisotopic (exact) mass is 356 g/mol. The second-order valence-corrected chi connectivity index (χ2v) is 4.83. The van der Waals surface area contributed by atoms with E-state index in [1.807, 2.05) is 52.9 Å². The quantitative estimate of drug-likeness (QED) is 0.618. The van der Waals surface area contributed by atoms with E-state index in [0.29, 0.717) is 3.57 Å². The summed E-state index contributed by atoms with van der Waals surface area (Å²) in [5.74, 6) is -1.17. The Morgan fingerprint density at radius 1 is 1.11 bits per heavy atom. The lowest BCUT2D eigenvalue weighted by molar-refractivity contribution is 0.0467. The highest BCUT2D eigenvalue weighted by atomic mass is 127. The van der Waals surface area contributed by atoms with Crippen LogP contribution in [0.5, 0.6) is 0 Å². The lowest BCUT2D eigenvalue weighted by Gasteiger charge is -2.06. The van der Waals surface area contributed by atoms with Crippen LogP contribution in [0.4, 0.5) is 4.39 Å². The highest BCUT2D eigenvalue weighted by Crippen LogP contribution is 2.16. The normalized spacial score (nSPS) is 10.1. The standard InChI is InChI=1S/C14H10FIO2/c15-13-11(7-4-8-12(13)16)14(17)18-9-10-5-2-1-3-6-10/h1-8H,9H2. The molecule has 0 N–H and O–H groups in total. The average molecular weight is 356 g/mol. The van der Waals surface area contributed by atoms with Crippen molar-refractivity contribution in [3.63, 3.8) is 0 Å². The lowest BCUT2D eigenvalue weighted by atomic mass is 10.2. The van der Waals surface area contributed by atoms with Crippen LogP contribution < -0.4 is 0 Å². The summed E-state index contributed by atoms with van der Waals surface area (Å²) in [7, 11) is 0. The molecule has 0 aliphatic carbocycles. The van der Waals surface area contributed by atoms with Gasteiger partial charge in [0.2, 0.25) is 0 Å². The van der Waals surface area contributed by atoms with Gasteiger partial charge in [-0.05, 0) is 40.3 Å². The zero-order valence-electron chi connectivity index (χ0n) is 9.40. The smallest absolute Gasteiger partial charge is 0.341 e. The van der Waals surface area contributed by atoms with Gasteiger partial charge in [0.1, 0.15) is 6.61 Å². The summed E-state index contributed by atoms with van der Waals surface area (Å²) in [5.41, 5.74) is 0.842. The second-order valence-electron chi connectivity index (χ2n) is 3.66. The minimum Gasteiger partial charge on any atom is -0.457 e. The van der Waals surface area contributed by atoms with Gasteiger partial charge in [-0.25, -0.2) is 9.18 Å². The van der Waals surface area contributed by atoms with Crippen LogP contribution in [-0.2, 0) is 11.3 Å². The summed E-state index contributed by atoms with van der Waals surface area (Å²) in [6.45, 7) is 0.143. The number of halogens is 2. The summed E-state index contributed by atoms with van der Waals surface area (Å²) in [4.78, 5) is 11.7. The van der Waals surface area contributed by atoms with Gasteiger partial charge in [-0.2, -0.15) is 0 Å². The molecule has 0 heterocycles. The number of hydrogen-bond donors (Lipinski definition) is 0. The molecule has 92 valence electrons. The van der Waals surface area contributed by atoms with E-state index in [-0.39, 0.29) is 12.2 Å². The molecule has 2 rings (SSSR count). The van der Waals surface area contributed by atoms with E-state index < -0.39 is 11.8 Å². The lowest BCUT2D eigenvalue weighted by Crippen LogP contribution is -2.08. The molecule has 0 fully saturated rings. The largest absolute Gasteiger partial charge is 0.457 e. The third-order valence-corrected chi connectivity index (χ3v) is 3.22. The molecule has 2 aromatic rings. The van der Waals surface area contributed by atoms with Gasteiger partial charge in [-0.1, -0.05) is 36.4 Å². The maximum atomic E-state index is 13.7. The summed E-state index contributed by atoms with van der Waals surface area (Å²) in [5, 5.41) is 0. The van der Waals surface area contributed by atoms with Crippen molar-refractivity contribution in [2.45, 2.75) is 6.61 Å². The van der Waals surface area contributed by atoms with Gasteiger partial charge in [0.05, 0.1) is 5.56 Å². The van der Waals surface area contributed by atoms with Crippen LogP contribution in [0, 0.1) is 9.39 Å². The van der Waals surface area contributed by atoms with Crippen molar-refractivity contribution >= 4 is 28.6 Å². The van der Waals surface area contributed by atoms with Crippen LogP contribution in [0.1, 0.15) is 15.9 Å². The first kappa shape index (κ1) is 13.0. The molecule has 0 saturated heterocycles. The van der Waals surface area contributed by atoms with Gasteiger partial charge >= 0.3 is 5.97 Å². The van der Waals surface area contributed by atoms with E-state index in [4.69, 9.17) is 4.74 Å². The minimum atomic E-state index is -0.644. The minimum absolute atomic E-state index is 0.0298. The van der Waals surface area contributed by atoms with E-state index in [1.54, 1.807) is 12.1 Å². The van der Waals surface area contributed by atoms with Crippen LogP contribution >= 0.6 is 22.6 Å². The highest BCUT2D eigenvalue weighted by molar-refractivity contribution is 14.1. The second kappa shape index (κ2) is 5.95. The molecule has 0 amide bonds. The summed E-state index contributed by atoms with van der Waals surface area (Å²) < 4.78 is 19.1. The van der Waals surface area contributed by atoms with Crippen LogP contribution in [0.25, 0.3) is 0 Å². The van der Waals surface area contributed by atoms with Crippen molar-refractivity contribution < 1.29 is 13.9 Å². The molecule has 2 aromatic carbocycles. The number of carbonyl (C=O) groups excluding carboxylic acids is 1. The third kappa shape index (κ3) is 3.07. The Morgan fingerprint density at radius 3 is 2.56 bits per heavy atom. The summed E-state index contributed by atoms with van der Waals surface area (Å²) in [6, 6.07) is 13.9. The SMILES string of the molecule is O=C(OCc1ccccc1)c1cccc(I)c1F. The van der Waals surface area contributed by atoms with E-state index >= 15 is 0 Å². The van der Waals surface area contributed by atoms with Crippen molar-refractivity contribution in [2.24, 2.45) is 0 Å². The first-order valence-electron chi connectivity index (χ1n) is 5.33. The zero-order valence-corrected chi connectivity index (χ0v) is 11.6. The number of ether oxygens (including phenoxy) is 1. The van der Waals surface area contributed by atoms with E-state index in [2.05, 4.69) is 0 Å². The van der Waals surface area contributed by atoms with Gasteiger partial charge in [-0.3, -0.25) is 0 Å². The summed E-state index contributed by atoms with van der Waals surface area (Å²) >= 11 is 1.84. The molecule has 2 nitrogen and oxygen atoms in total. The van der Waals surface area contributed by atoms with E-state index in [0.717, 1.165) is 5.56 Å². The molecule has 0 radical (unpaired) electrons. The van der Waals surface area contributed by atoms with Gasteiger partial charge in [0, 0.05) is 3.57 Å². The first-order valence-corrected chi connectivity index (χ1v) is 6.41. The molecular formula is C14H10FIO2. The Hall–Kier alpha value is -1.43. The van der Waals surface area contributed by atoms with Gasteiger partial charge in [-0.15, -0.1) is 0 Å². The fourth-order valence-corrected chi connectivity index (χ4v) is 1.96. The first-order chi connectivity index (χ1) is 8.68. The molecule has 0 aliphatic rings. The number of rotatable bonds is 3. The predicted molar refractivity (Wildman–Crippen MR) is 74.7 cm³/mol. The molecule has 0 aromatic heterocycles. The third-order valence-electron chi connectivity index (χ3n) is 2.38. The predicted octanol–water partition coefficient (Wildman–Crippen LogP) is 3.79. The molecule has 0 unspecified atom stereocenters. The number of hydrogen-bond acceptors (Lipinski definition) is 2. The number of carbonyl (C=O) groups is 1. The number of esters is 1. The van der Waals surface area contributed by atoms with Gasteiger partial charge in [0.15, 0.2) is 5.82 Å². The molecule has 18 heavy (non-hydrogen) atoms.